The molecule has 0 bridgehead atoms. The number of phenols is 1. The molecule has 0 aliphatic rings. The standard InChI is InChI=1S/C16H11FN2O4/c1-22-16-8-12-10(7-13(16)20)14(4-5-18-12)23-15-3-2-9(19-21)6-11(15)17/h2-8,20H,1H3. The summed E-state index contributed by atoms with van der Waals surface area (Å²) in [4.78, 5) is 14.6. The van der Waals surface area contributed by atoms with Crippen molar-refractivity contribution < 1.29 is 19.0 Å². The van der Waals surface area contributed by atoms with Crippen LogP contribution in [0.25, 0.3) is 10.9 Å². The topological polar surface area (TPSA) is 81.0 Å². The van der Waals surface area contributed by atoms with E-state index in [2.05, 4.69) is 10.2 Å². The summed E-state index contributed by atoms with van der Waals surface area (Å²) in [5.41, 5.74) is 0.487. The number of benzene rings is 2. The summed E-state index contributed by atoms with van der Waals surface area (Å²) in [6, 6.07) is 8.14. The summed E-state index contributed by atoms with van der Waals surface area (Å²) in [6.45, 7) is 0. The number of hydrogen-bond donors (Lipinski definition) is 1. The molecule has 0 saturated heterocycles. The Balaban J connectivity index is 2.06. The Kier molecular flexibility index (Phi) is 3.76. The Morgan fingerprint density at radius 2 is 1.96 bits per heavy atom. The molecule has 3 rings (SSSR count). The van der Waals surface area contributed by atoms with Crippen molar-refractivity contribution in [3.63, 3.8) is 0 Å². The number of phenolic OH excluding ortho intramolecular Hbond substituents is 1. The van der Waals surface area contributed by atoms with Crippen LogP contribution in [0.2, 0.25) is 0 Å². The minimum Gasteiger partial charge on any atom is -0.504 e. The van der Waals surface area contributed by atoms with Gasteiger partial charge >= 0.3 is 0 Å². The van der Waals surface area contributed by atoms with E-state index in [1.165, 1.54) is 31.5 Å². The number of fused-ring (bicyclic) bond motifs is 1. The van der Waals surface area contributed by atoms with Gasteiger partial charge in [-0.3, -0.25) is 4.98 Å². The number of nitroso groups, excluding NO2 is 1. The molecule has 0 unspecified atom stereocenters. The predicted molar refractivity (Wildman–Crippen MR) is 81.9 cm³/mol. The zero-order valence-electron chi connectivity index (χ0n) is 12.0. The van der Waals surface area contributed by atoms with Crippen molar-refractivity contribution in [1.82, 2.24) is 4.98 Å². The Morgan fingerprint density at radius 3 is 2.65 bits per heavy atom. The van der Waals surface area contributed by atoms with Gasteiger partial charge in [-0.25, -0.2) is 4.39 Å². The summed E-state index contributed by atoms with van der Waals surface area (Å²) in [5, 5.41) is 13.0. The van der Waals surface area contributed by atoms with Crippen LogP contribution in [0.4, 0.5) is 10.1 Å². The average Bonchev–Trinajstić information content (AvgIpc) is 2.56. The van der Waals surface area contributed by atoms with Gasteiger partial charge in [0, 0.05) is 23.7 Å². The van der Waals surface area contributed by atoms with Crippen LogP contribution in [0, 0.1) is 10.7 Å². The lowest BCUT2D eigenvalue weighted by Crippen LogP contribution is -1.91. The summed E-state index contributed by atoms with van der Waals surface area (Å²) in [5.74, 6) is -0.294. The van der Waals surface area contributed by atoms with Crippen molar-refractivity contribution in [2.24, 2.45) is 5.18 Å². The maximum absolute atomic E-state index is 13.9. The van der Waals surface area contributed by atoms with Crippen LogP contribution < -0.4 is 9.47 Å². The highest BCUT2D eigenvalue weighted by molar-refractivity contribution is 5.88. The number of methoxy groups -OCH3 is 1. The lowest BCUT2D eigenvalue weighted by Gasteiger charge is -2.11. The summed E-state index contributed by atoms with van der Waals surface area (Å²) < 4.78 is 24.5. The minimum absolute atomic E-state index is 0.0307. The van der Waals surface area contributed by atoms with Gasteiger partial charge < -0.3 is 14.6 Å². The molecule has 7 heteroatoms. The maximum Gasteiger partial charge on any atom is 0.167 e. The monoisotopic (exact) mass is 314 g/mol. The molecule has 0 radical (unpaired) electrons. The van der Waals surface area contributed by atoms with E-state index in [9.17, 15) is 14.4 Å². The molecule has 0 atom stereocenters. The summed E-state index contributed by atoms with van der Waals surface area (Å²) in [7, 11) is 1.43. The van der Waals surface area contributed by atoms with Crippen LogP contribution in [0.15, 0.2) is 47.8 Å². The number of rotatable bonds is 4. The van der Waals surface area contributed by atoms with Gasteiger partial charge in [0.25, 0.3) is 0 Å². The molecule has 0 aliphatic carbocycles. The zero-order chi connectivity index (χ0) is 16.4. The fraction of sp³-hybridized carbons (Fsp3) is 0.0625. The third-order valence-electron chi connectivity index (χ3n) is 3.24. The normalized spacial score (nSPS) is 10.5. The molecule has 1 aromatic heterocycles. The number of nitrogens with zero attached hydrogens (tertiary/aromatic N) is 2. The van der Waals surface area contributed by atoms with Crippen molar-refractivity contribution in [1.29, 1.82) is 0 Å². The molecule has 23 heavy (non-hydrogen) atoms. The minimum atomic E-state index is -0.718. The van der Waals surface area contributed by atoms with Crippen LogP contribution in [-0.4, -0.2) is 17.2 Å². The van der Waals surface area contributed by atoms with Gasteiger partial charge in [0.2, 0.25) is 0 Å². The quantitative estimate of drug-likeness (QED) is 0.727. The molecule has 6 nitrogen and oxygen atoms in total. The second-order valence-corrected chi connectivity index (χ2v) is 4.66. The molecular weight excluding hydrogens is 303 g/mol. The number of aromatic hydroxyl groups is 1. The lowest BCUT2D eigenvalue weighted by atomic mass is 10.2. The first kappa shape index (κ1) is 14.7. The van der Waals surface area contributed by atoms with Crippen molar-refractivity contribution in [3.8, 4) is 23.0 Å². The number of hydrogen-bond acceptors (Lipinski definition) is 6. The fourth-order valence-electron chi connectivity index (χ4n) is 2.14. The molecular formula is C16H11FN2O4. The van der Waals surface area contributed by atoms with Gasteiger partial charge in [-0.05, 0) is 29.4 Å². The van der Waals surface area contributed by atoms with Crippen LogP contribution >= 0.6 is 0 Å². The van der Waals surface area contributed by atoms with Crippen LogP contribution in [0.3, 0.4) is 0 Å². The van der Waals surface area contributed by atoms with E-state index in [1.54, 1.807) is 12.1 Å². The highest BCUT2D eigenvalue weighted by Crippen LogP contribution is 2.37. The molecule has 1 N–H and O–H groups in total. The zero-order valence-corrected chi connectivity index (χ0v) is 12.0. The van der Waals surface area contributed by atoms with E-state index >= 15 is 0 Å². The van der Waals surface area contributed by atoms with Crippen molar-refractivity contribution in [2.45, 2.75) is 0 Å². The second kappa shape index (κ2) is 5.88. The molecule has 0 aliphatic heterocycles. The Morgan fingerprint density at radius 1 is 1.13 bits per heavy atom. The first-order valence-corrected chi connectivity index (χ1v) is 6.59. The molecule has 0 saturated carbocycles. The largest absolute Gasteiger partial charge is 0.504 e. The van der Waals surface area contributed by atoms with Crippen molar-refractivity contribution >= 4 is 16.6 Å². The molecule has 0 fully saturated rings. The van der Waals surface area contributed by atoms with Crippen LogP contribution in [-0.2, 0) is 0 Å². The molecule has 3 aromatic rings. The summed E-state index contributed by atoms with van der Waals surface area (Å²) >= 11 is 0. The van der Waals surface area contributed by atoms with Crippen molar-refractivity contribution in [2.75, 3.05) is 7.11 Å². The average molecular weight is 314 g/mol. The van der Waals surface area contributed by atoms with Gasteiger partial charge in [0.1, 0.15) is 11.4 Å². The number of halogens is 1. The first-order valence-electron chi connectivity index (χ1n) is 6.59. The number of aromatic nitrogens is 1. The smallest absolute Gasteiger partial charge is 0.167 e. The van der Waals surface area contributed by atoms with E-state index in [0.717, 1.165) is 6.07 Å². The molecule has 0 spiro atoms. The maximum atomic E-state index is 13.9. The third kappa shape index (κ3) is 2.76. The van der Waals surface area contributed by atoms with Crippen molar-refractivity contribution in [3.05, 3.63) is 53.3 Å². The van der Waals surface area contributed by atoms with Crippen LogP contribution in [0.5, 0.6) is 23.0 Å². The van der Waals surface area contributed by atoms with Gasteiger partial charge in [0.05, 0.1) is 12.6 Å². The number of pyridine rings is 1. The van der Waals surface area contributed by atoms with E-state index in [4.69, 9.17) is 9.47 Å². The van der Waals surface area contributed by atoms with Gasteiger partial charge in [-0.1, -0.05) is 0 Å². The van der Waals surface area contributed by atoms with E-state index in [-0.39, 0.29) is 22.9 Å². The predicted octanol–water partition coefficient (Wildman–Crippen LogP) is 4.28. The highest BCUT2D eigenvalue weighted by atomic mass is 19.1. The Hall–Kier alpha value is -3.22. The molecule has 116 valence electrons. The third-order valence-corrected chi connectivity index (χ3v) is 3.24. The van der Waals surface area contributed by atoms with Gasteiger partial charge in [-0.15, -0.1) is 4.91 Å². The van der Waals surface area contributed by atoms with Gasteiger partial charge in [-0.2, -0.15) is 0 Å². The molecule has 2 aromatic carbocycles. The van der Waals surface area contributed by atoms with E-state index in [0.29, 0.717) is 16.7 Å². The van der Waals surface area contributed by atoms with Gasteiger partial charge in [0.15, 0.2) is 23.1 Å². The summed E-state index contributed by atoms with van der Waals surface area (Å²) in [6.07, 6.45) is 1.49. The Bertz CT molecular complexity index is 899. The SMILES string of the molecule is COc1cc2nccc(Oc3ccc(N=O)cc3F)c2cc1O. The number of ether oxygens (including phenoxy) is 2. The highest BCUT2D eigenvalue weighted by Gasteiger charge is 2.12. The lowest BCUT2D eigenvalue weighted by molar-refractivity contribution is 0.374. The van der Waals surface area contributed by atoms with E-state index < -0.39 is 5.82 Å². The second-order valence-electron chi connectivity index (χ2n) is 4.66. The van der Waals surface area contributed by atoms with Crippen LogP contribution in [0.1, 0.15) is 0 Å². The van der Waals surface area contributed by atoms with E-state index in [1.807, 2.05) is 0 Å². The first-order chi connectivity index (χ1) is 11.1. The Labute approximate surface area is 130 Å². The molecule has 0 amide bonds. The fourth-order valence-corrected chi connectivity index (χ4v) is 2.14. The molecule has 1 heterocycles.